The van der Waals surface area contributed by atoms with Crippen molar-refractivity contribution in [2.75, 3.05) is 25.0 Å². The highest BCUT2D eigenvalue weighted by Gasteiger charge is 2.24. The SMILES string of the molecule is NCC1CCCN1CC(=O)Nc1cc(Cl)ccc1Cl. The van der Waals surface area contributed by atoms with E-state index >= 15 is 0 Å². The lowest BCUT2D eigenvalue weighted by Gasteiger charge is -2.22. The zero-order valence-corrected chi connectivity index (χ0v) is 12.0. The smallest absolute Gasteiger partial charge is 0.238 e. The summed E-state index contributed by atoms with van der Waals surface area (Å²) in [6, 6.07) is 5.30. The quantitative estimate of drug-likeness (QED) is 0.897. The Balaban J connectivity index is 1.95. The van der Waals surface area contributed by atoms with Gasteiger partial charge in [0.2, 0.25) is 5.91 Å². The van der Waals surface area contributed by atoms with Crippen molar-refractivity contribution >= 4 is 34.8 Å². The van der Waals surface area contributed by atoms with Crippen LogP contribution < -0.4 is 11.1 Å². The molecule has 1 saturated heterocycles. The van der Waals surface area contributed by atoms with Crippen molar-refractivity contribution in [2.24, 2.45) is 5.73 Å². The van der Waals surface area contributed by atoms with E-state index in [1.54, 1.807) is 18.2 Å². The van der Waals surface area contributed by atoms with Crippen LogP contribution in [-0.2, 0) is 4.79 Å². The first-order valence-corrected chi connectivity index (χ1v) is 7.05. The van der Waals surface area contributed by atoms with Crippen LogP contribution in [0, 0.1) is 0 Å². The maximum Gasteiger partial charge on any atom is 0.238 e. The van der Waals surface area contributed by atoms with E-state index in [-0.39, 0.29) is 5.91 Å². The molecule has 1 atom stereocenters. The van der Waals surface area contributed by atoms with E-state index in [0.29, 0.717) is 34.9 Å². The van der Waals surface area contributed by atoms with Crippen LogP contribution in [0.3, 0.4) is 0 Å². The molecule has 4 nitrogen and oxygen atoms in total. The third-order valence-electron chi connectivity index (χ3n) is 3.32. The lowest BCUT2D eigenvalue weighted by molar-refractivity contribution is -0.117. The van der Waals surface area contributed by atoms with Gasteiger partial charge >= 0.3 is 0 Å². The summed E-state index contributed by atoms with van der Waals surface area (Å²) >= 11 is 11.9. The van der Waals surface area contributed by atoms with Crippen LogP contribution in [0.15, 0.2) is 18.2 Å². The van der Waals surface area contributed by atoms with Crippen LogP contribution in [-0.4, -0.2) is 36.5 Å². The molecule has 1 aromatic carbocycles. The lowest BCUT2D eigenvalue weighted by atomic mass is 10.2. The van der Waals surface area contributed by atoms with Crippen LogP contribution in [0.1, 0.15) is 12.8 Å². The van der Waals surface area contributed by atoms with Gasteiger partial charge in [0.25, 0.3) is 0 Å². The minimum absolute atomic E-state index is 0.0930. The second kappa shape index (κ2) is 6.57. The van der Waals surface area contributed by atoms with Crippen molar-refractivity contribution in [1.29, 1.82) is 0 Å². The first-order valence-electron chi connectivity index (χ1n) is 6.29. The molecule has 3 N–H and O–H groups in total. The van der Waals surface area contributed by atoms with Gasteiger partial charge in [0.1, 0.15) is 0 Å². The van der Waals surface area contributed by atoms with Gasteiger partial charge in [-0.25, -0.2) is 0 Å². The molecule has 1 aliphatic rings. The maximum atomic E-state index is 12.0. The zero-order valence-electron chi connectivity index (χ0n) is 10.5. The molecule has 1 amide bonds. The van der Waals surface area contributed by atoms with E-state index in [9.17, 15) is 4.79 Å². The molecule has 104 valence electrons. The van der Waals surface area contributed by atoms with Crippen LogP contribution in [0.5, 0.6) is 0 Å². The molecule has 2 rings (SSSR count). The number of nitrogens with one attached hydrogen (secondary N) is 1. The molecule has 6 heteroatoms. The Kier molecular flexibility index (Phi) is 5.05. The molecule has 0 spiro atoms. The molecule has 1 unspecified atom stereocenters. The first-order chi connectivity index (χ1) is 9.10. The predicted octanol–water partition coefficient (Wildman–Crippen LogP) is 2.36. The number of hydrogen-bond acceptors (Lipinski definition) is 3. The largest absolute Gasteiger partial charge is 0.329 e. The number of halogens is 2. The third kappa shape index (κ3) is 3.83. The maximum absolute atomic E-state index is 12.0. The summed E-state index contributed by atoms with van der Waals surface area (Å²) in [5, 5.41) is 3.81. The summed E-state index contributed by atoms with van der Waals surface area (Å²) in [6.45, 7) is 1.84. The van der Waals surface area contributed by atoms with Crippen LogP contribution in [0.4, 0.5) is 5.69 Å². The van der Waals surface area contributed by atoms with E-state index < -0.39 is 0 Å². The Morgan fingerprint density at radius 3 is 3.00 bits per heavy atom. The summed E-state index contributed by atoms with van der Waals surface area (Å²) in [6.07, 6.45) is 2.15. The van der Waals surface area contributed by atoms with Crippen molar-refractivity contribution in [2.45, 2.75) is 18.9 Å². The van der Waals surface area contributed by atoms with Crippen molar-refractivity contribution in [1.82, 2.24) is 4.90 Å². The number of anilines is 1. The van der Waals surface area contributed by atoms with Gasteiger partial charge in [-0.1, -0.05) is 23.2 Å². The van der Waals surface area contributed by atoms with Crippen molar-refractivity contribution in [3.05, 3.63) is 28.2 Å². The lowest BCUT2D eigenvalue weighted by Crippen LogP contribution is -2.40. The molecule has 1 fully saturated rings. The van der Waals surface area contributed by atoms with Gasteiger partial charge < -0.3 is 11.1 Å². The molecule has 0 radical (unpaired) electrons. The Labute approximate surface area is 122 Å². The molecule has 1 heterocycles. The summed E-state index contributed by atoms with van der Waals surface area (Å²) < 4.78 is 0. The Bertz CT molecular complexity index is 467. The van der Waals surface area contributed by atoms with Gasteiger partial charge in [-0.05, 0) is 37.6 Å². The van der Waals surface area contributed by atoms with E-state index in [2.05, 4.69) is 10.2 Å². The molecule has 1 aliphatic heterocycles. The topological polar surface area (TPSA) is 58.4 Å². The van der Waals surface area contributed by atoms with E-state index in [1.807, 2.05) is 0 Å². The number of amides is 1. The standard InChI is InChI=1S/C13H17Cl2N3O/c14-9-3-4-11(15)12(6-9)17-13(19)8-18-5-1-2-10(18)7-16/h3-4,6,10H,1-2,5,7-8,16H2,(H,17,19). The Morgan fingerprint density at radius 2 is 2.26 bits per heavy atom. The summed E-state index contributed by atoms with van der Waals surface area (Å²) in [5.41, 5.74) is 6.23. The molecular weight excluding hydrogens is 285 g/mol. The van der Waals surface area contributed by atoms with Gasteiger partial charge in [-0.2, -0.15) is 0 Å². The highest BCUT2D eigenvalue weighted by Crippen LogP contribution is 2.25. The number of benzene rings is 1. The monoisotopic (exact) mass is 301 g/mol. The number of nitrogens with zero attached hydrogens (tertiary/aromatic N) is 1. The van der Waals surface area contributed by atoms with Crippen molar-refractivity contribution in [3.63, 3.8) is 0 Å². The molecule has 19 heavy (non-hydrogen) atoms. The average molecular weight is 302 g/mol. The minimum Gasteiger partial charge on any atom is -0.329 e. The van der Waals surface area contributed by atoms with Gasteiger partial charge in [0.15, 0.2) is 0 Å². The van der Waals surface area contributed by atoms with Gasteiger partial charge in [0, 0.05) is 17.6 Å². The average Bonchev–Trinajstić information content (AvgIpc) is 2.81. The summed E-state index contributed by atoms with van der Waals surface area (Å²) in [5.74, 6) is -0.0930. The molecule has 0 aliphatic carbocycles. The summed E-state index contributed by atoms with van der Waals surface area (Å²) in [7, 11) is 0. The predicted molar refractivity (Wildman–Crippen MR) is 78.7 cm³/mol. The van der Waals surface area contributed by atoms with Crippen molar-refractivity contribution < 1.29 is 4.79 Å². The fourth-order valence-electron chi connectivity index (χ4n) is 2.34. The van der Waals surface area contributed by atoms with Crippen LogP contribution >= 0.6 is 23.2 Å². The number of likely N-dealkylation sites (tertiary alicyclic amines) is 1. The fourth-order valence-corrected chi connectivity index (χ4v) is 2.67. The molecule has 1 aromatic rings. The first kappa shape index (κ1) is 14.6. The Morgan fingerprint density at radius 1 is 1.47 bits per heavy atom. The van der Waals surface area contributed by atoms with Crippen LogP contribution in [0.25, 0.3) is 0 Å². The highest BCUT2D eigenvalue weighted by molar-refractivity contribution is 6.35. The second-order valence-electron chi connectivity index (χ2n) is 4.67. The second-order valence-corrected chi connectivity index (χ2v) is 5.52. The third-order valence-corrected chi connectivity index (χ3v) is 3.89. The van der Waals surface area contributed by atoms with Crippen LogP contribution in [0.2, 0.25) is 10.0 Å². The fraction of sp³-hybridized carbons (Fsp3) is 0.462. The number of carbonyl (C=O) groups excluding carboxylic acids is 1. The summed E-state index contributed by atoms with van der Waals surface area (Å²) in [4.78, 5) is 14.1. The van der Waals surface area contributed by atoms with E-state index in [1.165, 1.54) is 0 Å². The molecular formula is C13H17Cl2N3O. The zero-order chi connectivity index (χ0) is 13.8. The number of nitrogens with two attached hydrogens (primary N) is 1. The number of carbonyl (C=O) groups is 1. The van der Waals surface area contributed by atoms with Gasteiger partial charge in [-0.15, -0.1) is 0 Å². The number of rotatable bonds is 4. The molecule has 0 aromatic heterocycles. The van der Waals surface area contributed by atoms with Crippen molar-refractivity contribution in [3.8, 4) is 0 Å². The van der Waals surface area contributed by atoms with Gasteiger partial charge in [0.05, 0.1) is 17.3 Å². The van der Waals surface area contributed by atoms with Gasteiger partial charge in [-0.3, -0.25) is 9.69 Å². The van der Waals surface area contributed by atoms with E-state index in [0.717, 1.165) is 19.4 Å². The molecule has 0 saturated carbocycles. The van der Waals surface area contributed by atoms with E-state index in [4.69, 9.17) is 28.9 Å². The normalized spacial score (nSPS) is 19.6. The number of hydrogen-bond donors (Lipinski definition) is 2. The minimum atomic E-state index is -0.0930. The molecule has 0 bridgehead atoms. The highest BCUT2D eigenvalue weighted by atomic mass is 35.5. The Hall–Kier alpha value is -0.810.